The van der Waals surface area contributed by atoms with Gasteiger partial charge < -0.3 is 10.7 Å². The number of imidazole rings is 1. The highest BCUT2D eigenvalue weighted by Gasteiger charge is 2.04. The third-order valence-electron chi connectivity index (χ3n) is 2.98. The molecule has 100 valence electrons. The van der Waals surface area contributed by atoms with Gasteiger partial charge in [0.15, 0.2) is 5.16 Å². The highest BCUT2D eigenvalue weighted by atomic mass is 32.2. The molecule has 20 heavy (non-hydrogen) atoms. The summed E-state index contributed by atoms with van der Waals surface area (Å²) in [4.78, 5) is 18.8. The fourth-order valence-electron chi connectivity index (χ4n) is 1.91. The van der Waals surface area contributed by atoms with E-state index in [9.17, 15) is 4.79 Å². The van der Waals surface area contributed by atoms with Crippen molar-refractivity contribution in [2.24, 2.45) is 5.73 Å². The topological polar surface area (TPSA) is 71.8 Å². The Bertz CT molecular complexity index is 716. The minimum Gasteiger partial charge on any atom is -0.366 e. The van der Waals surface area contributed by atoms with Gasteiger partial charge in [0.05, 0.1) is 11.0 Å². The van der Waals surface area contributed by atoms with Gasteiger partial charge in [0.1, 0.15) is 0 Å². The predicted octanol–water partition coefficient (Wildman–Crippen LogP) is 2.95. The predicted molar refractivity (Wildman–Crippen MR) is 80.6 cm³/mol. The highest BCUT2D eigenvalue weighted by Crippen LogP contribution is 2.23. The molecule has 0 saturated heterocycles. The number of carbonyl (C=O) groups excluding carboxylic acids is 1. The third-order valence-corrected chi connectivity index (χ3v) is 3.93. The van der Waals surface area contributed by atoms with Gasteiger partial charge in [-0.3, -0.25) is 4.79 Å². The molecular weight excluding hydrogens is 270 g/mol. The van der Waals surface area contributed by atoms with Gasteiger partial charge in [-0.2, -0.15) is 0 Å². The molecule has 0 saturated carbocycles. The lowest BCUT2D eigenvalue weighted by molar-refractivity contribution is 0.100. The molecule has 2 aromatic carbocycles. The van der Waals surface area contributed by atoms with Crippen LogP contribution in [0.5, 0.6) is 0 Å². The van der Waals surface area contributed by atoms with Crippen LogP contribution in [0.25, 0.3) is 11.0 Å². The molecule has 1 amide bonds. The molecule has 1 aromatic heterocycles. The number of carbonyl (C=O) groups is 1. The fraction of sp³-hybridized carbons (Fsp3) is 0.0667. The number of nitrogens with one attached hydrogen (secondary N) is 1. The van der Waals surface area contributed by atoms with Crippen LogP contribution >= 0.6 is 11.8 Å². The molecule has 0 atom stereocenters. The number of H-pyrrole nitrogens is 1. The molecule has 3 aromatic rings. The van der Waals surface area contributed by atoms with Crippen molar-refractivity contribution in [2.75, 3.05) is 0 Å². The zero-order chi connectivity index (χ0) is 13.9. The molecule has 0 radical (unpaired) electrons. The van der Waals surface area contributed by atoms with E-state index in [1.165, 1.54) is 0 Å². The number of benzene rings is 2. The van der Waals surface area contributed by atoms with Crippen LogP contribution in [-0.4, -0.2) is 15.9 Å². The van der Waals surface area contributed by atoms with Crippen LogP contribution < -0.4 is 5.73 Å². The molecule has 5 heteroatoms. The highest BCUT2D eigenvalue weighted by molar-refractivity contribution is 7.98. The van der Waals surface area contributed by atoms with E-state index in [4.69, 9.17) is 5.73 Å². The van der Waals surface area contributed by atoms with Crippen LogP contribution in [0.2, 0.25) is 0 Å². The van der Waals surface area contributed by atoms with E-state index in [0.717, 1.165) is 27.5 Å². The van der Waals surface area contributed by atoms with E-state index in [1.807, 2.05) is 36.4 Å². The largest absolute Gasteiger partial charge is 0.366 e. The van der Waals surface area contributed by atoms with Crippen molar-refractivity contribution in [3.05, 3.63) is 59.7 Å². The normalized spacial score (nSPS) is 10.8. The quantitative estimate of drug-likeness (QED) is 0.723. The Kier molecular flexibility index (Phi) is 3.43. The Hall–Kier alpha value is -2.27. The Balaban J connectivity index is 1.71. The fourth-order valence-corrected chi connectivity index (χ4v) is 2.76. The van der Waals surface area contributed by atoms with Gasteiger partial charge in [0.25, 0.3) is 0 Å². The second-order valence-corrected chi connectivity index (χ2v) is 5.37. The number of nitrogens with two attached hydrogens (primary N) is 1. The second kappa shape index (κ2) is 5.38. The van der Waals surface area contributed by atoms with Gasteiger partial charge in [-0.15, -0.1) is 0 Å². The second-order valence-electron chi connectivity index (χ2n) is 4.41. The Morgan fingerprint density at radius 3 is 2.60 bits per heavy atom. The standard InChI is InChI=1S/C15H13N3OS/c16-14(19)11-7-5-10(6-8-11)9-20-15-17-12-3-1-2-4-13(12)18-15/h1-8H,9H2,(H2,16,19)(H,17,18). The molecule has 3 N–H and O–H groups in total. The van der Waals surface area contributed by atoms with Gasteiger partial charge in [-0.05, 0) is 29.8 Å². The molecule has 4 nitrogen and oxygen atoms in total. The number of rotatable bonds is 4. The number of nitrogens with zero attached hydrogens (tertiary/aromatic N) is 1. The number of hydrogen-bond donors (Lipinski definition) is 2. The third kappa shape index (κ3) is 2.67. The van der Waals surface area contributed by atoms with Crippen LogP contribution in [0.1, 0.15) is 15.9 Å². The summed E-state index contributed by atoms with van der Waals surface area (Å²) < 4.78 is 0. The van der Waals surface area contributed by atoms with E-state index < -0.39 is 5.91 Å². The lowest BCUT2D eigenvalue weighted by atomic mass is 10.1. The first kappa shape index (κ1) is 12.7. The number of para-hydroxylation sites is 2. The van der Waals surface area contributed by atoms with Crippen molar-refractivity contribution in [3.63, 3.8) is 0 Å². The number of hydrogen-bond acceptors (Lipinski definition) is 3. The lowest BCUT2D eigenvalue weighted by Gasteiger charge is -2.00. The lowest BCUT2D eigenvalue weighted by Crippen LogP contribution is -2.10. The molecule has 0 spiro atoms. The maximum absolute atomic E-state index is 11.0. The van der Waals surface area contributed by atoms with Gasteiger partial charge in [-0.1, -0.05) is 36.0 Å². The molecule has 0 bridgehead atoms. The summed E-state index contributed by atoms with van der Waals surface area (Å²) in [6.45, 7) is 0. The summed E-state index contributed by atoms with van der Waals surface area (Å²) in [5.74, 6) is 0.389. The minimum absolute atomic E-state index is 0.401. The molecule has 3 rings (SSSR count). The van der Waals surface area contributed by atoms with Gasteiger partial charge in [0.2, 0.25) is 5.91 Å². The van der Waals surface area contributed by atoms with Crippen LogP contribution in [-0.2, 0) is 5.75 Å². The van der Waals surface area contributed by atoms with Crippen LogP contribution in [0, 0.1) is 0 Å². The molecule has 0 aliphatic heterocycles. The zero-order valence-corrected chi connectivity index (χ0v) is 11.5. The summed E-state index contributed by atoms with van der Waals surface area (Å²) in [6.07, 6.45) is 0. The summed E-state index contributed by atoms with van der Waals surface area (Å²) in [5, 5.41) is 0.894. The maximum atomic E-state index is 11.0. The van der Waals surface area contributed by atoms with E-state index in [-0.39, 0.29) is 0 Å². The van der Waals surface area contributed by atoms with Crippen molar-refractivity contribution in [2.45, 2.75) is 10.9 Å². The number of fused-ring (bicyclic) bond motifs is 1. The summed E-state index contributed by atoms with van der Waals surface area (Å²) >= 11 is 1.63. The van der Waals surface area contributed by atoms with Gasteiger partial charge in [-0.25, -0.2) is 4.98 Å². The maximum Gasteiger partial charge on any atom is 0.248 e. The van der Waals surface area contributed by atoms with Crippen LogP contribution in [0.3, 0.4) is 0 Å². The van der Waals surface area contributed by atoms with E-state index in [2.05, 4.69) is 9.97 Å². The molecular formula is C15H13N3OS. The van der Waals surface area contributed by atoms with Crippen LogP contribution in [0.4, 0.5) is 0 Å². The molecule has 0 fully saturated rings. The summed E-state index contributed by atoms with van der Waals surface area (Å²) in [7, 11) is 0. The van der Waals surface area contributed by atoms with Gasteiger partial charge >= 0.3 is 0 Å². The number of thioether (sulfide) groups is 1. The Morgan fingerprint density at radius 1 is 1.15 bits per heavy atom. The van der Waals surface area contributed by atoms with Crippen LogP contribution in [0.15, 0.2) is 53.7 Å². The minimum atomic E-state index is -0.401. The molecule has 1 heterocycles. The van der Waals surface area contributed by atoms with E-state index in [1.54, 1.807) is 23.9 Å². The molecule has 0 aliphatic rings. The Labute approximate surface area is 120 Å². The monoisotopic (exact) mass is 283 g/mol. The summed E-state index contributed by atoms with van der Waals surface area (Å²) in [6, 6.07) is 15.3. The van der Waals surface area contributed by atoms with Gasteiger partial charge in [0, 0.05) is 11.3 Å². The first-order valence-electron chi connectivity index (χ1n) is 6.19. The number of aromatic nitrogens is 2. The average molecular weight is 283 g/mol. The van der Waals surface area contributed by atoms with E-state index >= 15 is 0 Å². The summed E-state index contributed by atoms with van der Waals surface area (Å²) in [5.41, 5.74) is 8.88. The first-order chi connectivity index (χ1) is 9.72. The smallest absolute Gasteiger partial charge is 0.248 e. The SMILES string of the molecule is NC(=O)c1ccc(CSc2nc3ccccc3[nH]2)cc1. The number of primary amides is 1. The van der Waals surface area contributed by atoms with E-state index in [0.29, 0.717) is 5.56 Å². The average Bonchev–Trinajstić information content (AvgIpc) is 2.88. The van der Waals surface area contributed by atoms with Crippen molar-refractivity contribution in [3.8, 4) is 0 Å². The number of amides is 1. The molecule has 0 aliphatic carbocycles. The van der Waals surface area contributed by atoms with Crippen molar-refractivity contribution < 1.29 is 4.79 Å². The van der Waals surface area contributed by atoms with Crippen molar-refractivity contribution in [1.82, 2.24) is 9.97 Å². The molecule has 0 unspecified atom stereocenters. The zero-order valence-electron chi connectivity index (χ0n) is 10.7. The van der Waals surface area contributed by atoms with Crippen molar-refractivity contribution in [1.29, 1.82) is 0 Å². The first-order valence-corrected chi connectivity index (χ1v) is 7.17. The number of aromatic amines is 1. The van der Waals surface area contributed by atoms with Crippen molar-refractivity contribution >= 4 is 28.7 Å². The Morgan fingerprint density at radius 2 is 1.90 bits per heavy atom.